The summed E-state index contributed by atoms with van der Waals surface area (Å²) in [5.41, 5.74) is 8.74. The molecule has 1 aromatic carbocycles. The zero-order valence-corrected chi connectivity index (χ0v) is 15.2. The minimum atomic E-state index is -0.251. The zero-order chi connectivity index (χ0) is 19.0. The number of fused-ring (bicyclic) bond motifs is 1. The second kappa shape index (κ2) is 6.87. The van der Waals surface area contributed by atoms with Crippen molar-refractivity contribution in [2.45, 2.75) is 19.8 Å². The number of nitrogen functional groups attached to an aromatic ring is 1. The normalized spacial score (nSPS) is 16.8. The zero-order valence-electron chi connectivity index (χ0n) is 15.2. The highest BCUT2D eigenvalue weighted by Crippen LogP contribution is 2.25. The van der Waals surface area contributed by atoms with Crippen molar-refractivity contribution < 1.29 is 4.79 Å². The summed E-state index contributed by atoms with van der Waals surface area (Å²) in [5, 5.41) is 0.797. The van der Waals surface area contributed by atoms with Crippen LogP contribution in [0.15, 0.2) is 47.4 Å². The van der Waals surface area contributed by atoms with Gasteiger partial charge in [0.05, 0.1) is 5.56 Å². The van der Waals surface area contributed by atoms with E-state index in [0.29, 0.717) is 35.9 Å². The van der Waals surface area contributed by atoms with Gasteiger partial charge in [0.1, 0.15) is 5.82 Å². The van der Waals surface area contributed by atoms with Gasteiger partial charge in [-0.05, 0) is 49.4 Å². The lowest BCUT2D eigenvalue weighted by atomic mass is 10.00. The van der Waals surface area contributed by atoms with E-state index < -0.39 is 0 Å². The van der Waals surface area contributed by atoms with Gasteiger partial charge in [-0.25, -0.2) is 4.98 Å². The van der Waals surface area contributed by atoms with Crippen molar-refractivity contribution in [3.05, 3.63) is 69.6 Å². The first-order chi connectivity index (χ1) is 13.0. The molecule has 3 heterocycles. The van der Waals surface area contributed by atoms with E-state index in [2.05, 4.69) is 9.97 Å². The number of hydrogen-bond donors (Lipinski definition) is 2. The van der Waals surface area contributed by atoms with E-state index in [4.69, 9.17) is 5.73 Å². The lowest BCUT2D eigenvalue weighted by molar-refractivity contribution is 0.0789. The van der Waals surface area contributed by atoms with Gasteiger partial charge in [0.2, 0.25) is 5.56 Å². The first-order valence-corrected chi connectivity index (χ1v) is 9.13. The average Bonchev–Trinajstić information content (AvgIpc) is 3.11. The molecule has 2 aromatic heterocycles. The smallest absolute Gasteiger partial charge is 0.254 e. The number of nitrogens with zero attached hydrogens (tertiary/aromatic N) is 2. The minimum Gasteiger partial charge on any atom is -0.384 e. The third-order valence-corrected chi connectivity index (χ3v) is 5.17. The number of H-pyrrole nitrogens is 1. The molecule has 27 heavy (non-hydrogen) atoms. The highest BCUT2D eigenvalue weighted by atomic mass is 16.2. The number of aromatic nitrogens is 2. The molecule has 3 aromatic rings. The summed E-state index contributed by atoms with van der Waals surface area (Å²) in [6, 6.07) is 10.9. The number of anilines is 1. The number of aryl methyl sites for hydroxylation is 1. The van der Waals surface area contributed by atoms with E-state index in [-0.39, 0.29) is 11.5 Å². The molecule has 0 bridgehead atoms. The van der Waals surface area contributed by atoms with E-state index >= 15 is 0 Å². The molecule has 0 saturated carbocycles. The van der Waals surface area contributed by atoms with E-state index in [0.717, 1.165) is 29.4 Å². The SMILES string of the molecule is Cc1ccc2[nH]c(=O)cc(C(=O)N3CCC(Cc4ccc(N)nc4)C3)c2c1. The predicted molar refractivity (Wildman–Crippen MR) is 106 cm³/mol. The average molecular weight is 362 g/mol. The van der Waals surface area contributed by atoms with Crippen LogP contribution in [0.5, 0.6) is 0 Å². The summed E-state index contributed by atoms with van der Waals surface area (Å²) in [4.78, 5) is 33.9. The quantitative estimate of drug-likeness (QED) is 0.749. The van der Waals surface area contributed by atoms with Crippen LogP contribution in [0.2, 0.25) is 0 Å². The Labute approximate surface area is 157 Å². The van der Waals surface area contributed by atoms with Crippen LogP contribution in [-0.2, 0) is 6.42 Å². The first kappa shape index (κ1) is 17.3. The molecule has 6 nitrogen and oxygen atoms in total. The van der Waals surface area contributed by atoms with Crippen LogP contribution in [0, 0.1) is 12.8 Å². The lowest BCUT2D eigenvalue weighted by Crippen LogP contribution is -2.30. The van der Waals surface area contributed by atoms with Gasteiger partial charge in [0.25, 0.3) is 5.91 Å². The van der Waals surface area contributed by atoms with Gasteiger partial charge in [-0.15, -0.1) is 0 Å². The molecular formula is C21H22N4O2. The molecule has 1 unspecified atom stereocenters. The Bertz CT molecular complexity index is 1060. The van der Waals surface area contributed by atoms with E-state index in [1.165, 1.54) is 6.07 Å². The molecule has 1 aliphatic rings. The third kappa shape index (κ3) is 3.56. The second-order valence-electron chi connectivity index (χ2n) is 7.30. The molecule has 1 amide bonds. The Balaban J connectivity index is 1.55. The summed E-state index contributed by atoms with van der Waals surface area (Å²) in [7, 11) is 0. The highest BCUT2D eigenvalue weighted by molar-refractivity contribution is 6.06. The molecule has 138 valence electrons. The molecular weight excluding hydrogens is 340 g/mol. The molecule has 0 spiro atoms. The molecule has 1 aliphatic heterocycles. The van der Waals surface area contributed by atoms with Crippen LogP contribution < -0.4 is 11.3 Å². The molecule has 6 heteroatoms. The van der Waals surface area contributed by atoms with Crippen LogP contribution >= 0.6 is 0 Å². The van der Waals surface area contributed by atoms with Crippen molar-refractivity contribution in [2.24, 2.45) is 5.92 Å². The fourth-order valence-electron chi connectivity index (χ4n) is 3.79. The molecule has 1 atom stereocenters. The molecule has 1 fully saturated rings. The van der Waals surface area contributed by atoms with Crippen molar-refractivity contribution in [1.82, 2.24) is 14.9 Å². The number of nitrogens with one attached hydrogen (secondary N) is 1. The Hall–Kier alpha value is -3.15. The van der Waals surface area contributed by atoms with Crippen molar-refractivity contribution in [3.8, 4) is 0 Å². The lowest BCUT2D eigenvalue weighted by Gasteiger charge is -2.18. The topological polar surface area (TPSA) is 92.1 Å². The number of likely N-dealkylation sites (tertiary alicyclic amines) is 1. The maximum absolute atomic E-state index is 13.1. The predicted octanol–water partition coefficient (Wildman–Crippen LogP) is 2.52. The summed E-state index contributed by atoms with van der Waals surface area (Å²) < 4.78 is 0. The van der Waals surface area contributed by atoms with E-state index in [1.54, 1.807) is 12.3 Å². The first-order valence-electron chi connectivity index (χ1n) is 9.13. The third-order valence-electron chi connectivity index (χ3n) is 5.17. The number of rotatable bonds is 3. The fourth-order valence-corrected chi connectivity index (χ4v) is 3.79. The van der Waals surface area contributed by atoms with Crippen LogP contribution in [0.4, 0.5) is 5.82 Å². The minimum absolute atomic E-state index is 0.0744. The number of carbonyl (C=O) groups excluding carboxylic acids is 1. The number of hydrogen-bond acceptors (Lipinski definition) is 4. The standard InChI is InChI=1S/C21H22N4O2/c1-13-2-4-18-16(8-13)17(10-20(26)24-18)21(27)25-7-6-15(12-25)9-14-3-5-19(22)23-11-14/h2-5,8,10-11,15H,6-7,9,12H2,1H3,(H2,22,23)(H,24,26). The number of pyridine rings is 2. The summed E-state index contributed by atoms with van der Waals surface area (Å²) in [6.07, 6.45) is 3.61. The molecule has 1 saturated heterocycles. The summed E-state index contributed by atoms with van der Waals surface area (Å²) >= 11 is 0. The monoisotopic (exact) mass is 362 g/mol. The number of aromatic amines is 1. The molecule has 4 rings (SSSR count). The van der Waals surface area contributed by atoms with E-state index in [9.17, 15) is 9.59 Å². The Morgan fingerprint density at radius 1 is 1.30 bits per heavy atom. The summed E-state index contributed by atoms with van der Waals surface area (Å²) in [5.74, 6) is 0.822. The molecule has 0 aliphatic carbocycles. The summed E-state index contributed by atoms with van der Waals surface area (Å²) in [6.45, 7) is 3.36. The Kier molecular flexibility index (Phi) is 4.39. The number of benzene rings is 1. The van der Waals surface area contributed by atoms with E-state index in [1.807, 2.05) is 36.1 Å². The van der Waals surface area contributed by atoms with Crippen LogP contribution in [0.25, 0.3) is 10.9 Å². The van der Waals surface area contributed by atoms with Gasteiger partial charge >= 0.3 is 0 Å². The maximum Gasteiger partial charge on any atom is 0.254 e. The Morgan fingerprint density at radius 2 is 2.15 bits per heavy atom. The Morgan fingerprint density at radius 3 is 2.93 bits per heavy atom. The highest BCUT2D eigenvalue weighted by Gasteiger charge is 2.28. The maximum atomic E-state index is 13.1. The van der Waals surface area contributed by atoms with Crippen molar-refractivity contribution in [3.63, 3.8) is 0 Å². The largest absolute Gasteiger partial charge is 0.384 e. The van der Waals surface area contributed by atoms with Gasteiger partial charge in [-0.2, -0.15) is 0 Å². The number of carbonyl (C=O) groups is 1. The van der Waals surface area contributed by atoms with Crippen molar-refractivity contribution >= 4 is 22.6 Å². The van der Waals surface area contributed by atoms with Crippen molar-refractivity contribution in [2.75, 3.05) is 18.8 Å². The van der Waals surface area contributed by atoms with Gasteiger partial charge in [0.15, 0.2) is 0 Å². The molecule has 3 N–H and O–H groups in total. The number of amides is 1. The van der Waals surface area contributed by atoms with Gasteiger partial charge in [-0.1, -0.05) is 17.7 Å². The van der Waals surface area contributed by atoms with Gasteiger partial charge in [0, 0.05) is 36.3 Å². The van der Waals surface area contributed by atoms with Gasteiger partial charge in [-0.3, -0.25) is 9.59 Å². The van der Waals surface area contributed by atoms with Crippen LogP contribution in [0.1, 0.15) is 27.9 Å². The van der Waals surface area contributed by atoms with Crippen molar-refractivity contribution in [1.29, 1.82) is 0 Å². The molecule has 0 radical (unpaired) electrons. The van der Waals surface area contributed by atoms with Crippen LogP contribution in [0.3, 0.4) is 0 Å². The fraction of sp³-hybridized carbons (Fsp3) is 0.286. The van der Waals surface area contributed by atoms with Crippen LogP contribution in [-0.4, -0.2) is 33.9 Å². The number of nitrogens with two attached hydrogens (primary N) is 1. The second-order valence-corrected chi connectivity index (χ2v) is 7.30. The van der Waals surface area contributed by atoms with Gasteiger partial charge < -0.3 is 15.6 Å².